The van der Waals surface area contributed by atoms with Gasteiger partial charge >= 0.3 is 6.29 Å². The van der Waals surface area contributed by atoms with E-state index in [0.29, 0.717) is 23.3 Å². The van der Waals surface area contributed by atoms with Crippen LogP contribution in [0.1, 0.15) is 23.5 Å². The minimum Gasteiger partial charge on any atom is -0.395 e. The maximum absolute atomic E-state index is 13.5. The third kappa shape index (κ3) is 3.00. The van der Waals surface area contributed by atoms with Crippen LogP contribution in [0.5, 0.6) is 11.5 Å². The van der Waals surface area contributed by atoms with Crippen molar-refractivity contribution in [1.29, 1.82) is 0 Å². The van der Waals surface area contributed by atoms with Gasteiger partial charge in [0.1, 0.15) is 5.52 Å². The standard InChI is InChI=1S/C20H17F2N7O2/c21-20(22)30-14-6-5-12-16(17(14)31-20)26-19(23)29-18(12)25-15(27-29)4-2-8-28-9-11-3-1-7-24-13(11)10-28/h1,3,5-7H,2,4,8-10H2,(H2,23,26). The number of fused-ring (bicyclic) bond motifs is 6. The number of nitrogen functional groups attached to an aromatic ring is 1. The van der Waals surface area contributed by atoms with Crippen molar-refractivity contribution in [1.82, 2.24) is 29.5 Å². The molecule has 0 spiro atoms. The van der Waals surface area contributed by atoms with Crippen molar-refractivity contribution in [3.05, 3.63) is 47.5 Å². The fraction of sp³-hybridized carbons (Fsp3) is 0.300. The van der Waals surface area contributed by atoms with Crippen molar-refractivity contribution in [2.75, 3.05) is 12.3 Å². The molecule has 0 bridgehead atoms. The number of anilines is 1. The highest BCUT2D eigenvalue weighted by Crippen LogP contribution is 2.45. The average Bonchev–Trinajstić information content (AvgIpc) is 3.41. The molecule has 0 atom stereocenters. The highest BCUT2D eigenvalue weighted by atomic mass is 19.3. The summed E-state index contributed by atoms with van der Waals surface area (Å²) in [6.07, 6.45) is -0.414. The summed E-state index contributed by atoms with van der Waals surface area (Å²) < 4.78 is 37.5. The second-order valence-corrected chi connectivity index (χ2v) is 7.61. The molecule has 4 aromatic rings. The first-order chi connectivity index (χ1) is 15.0. The quantitative estimate of drug-likeness (QED) is 0.532. The predicted molar refractivity (Wildman–Crippen MR) is 106 cm³/mol. The molecule has 0 aliphatic carbocycles. The average molecular weight is 425 g/mol. The van der Waals surface area contributed by atoms with Crippen LogP contribution in [0.3, 0.4) is 0 Å². The number of halogens is 2. The molecule has 1 aromatic carbocycles. The van der Waals surface area contributed by atoms with Crippen LogP contribution >= 0.6 is 0 Å². The lowest BCUT2D eigenvalue weighted by Crippen LogP contribution is -2.26. The van der Waals surface area contributed by atoms with Gasteiger partial charge in [-0.15, -0.1) is 13.9 Å². The maximum Gasteiger partial charge on any atom is 0.586 e. The smallest absolute Gasteiger partial charge is 0.395 e. The Balaban J connectivity index is 1.24. The molecule has 0 fully saturated rings. The van der Waals surface area contributed by atoms with Crippen LogP contribution in [0.2, 0.25) is 0 Å². The zero-order chi connectivity index (χ0) is 21.2. The molecule has 2 N–H and O–H groups in total. The molecule has 2 aliphatic heterocycles. The first-order valence-corrected chi connectivity index (χ1v) is 9.86. The van der Waals surface area contributed by atoms with Gasteiger partial charge in [0.25, 0.3) is 0 Å². The summed E-state index contributed by atoms with van der Waals surface area (Å²) in [4.78, 5) is 15.5. The molecule has 11 heteroatoms. The summed E-state index contributed by atoms with van der Waals surface area (Å²) in [5.74, 6) is 0.409. The molecular weight excluding hydrogens is 408 g/mol. The summed E-state index contributed by atoms with van der Waals surface area (Å²) >= 11 is 0. The van der Waals surface area contributed by atoms with Gasteiger partial charge in [0, 0.05) is 31.1 Å². The van der Waals surface area contributed by atoms with Gasteiger partial charge in [-0.2, -0.15) is 4.52 Å². The van der Waals surface area contributed by atoms with Crippen molar-refractivity contribution in [2.24, 2.45) is 0 Å². The fourth-order valence-electron chi connectivity index (χ4n) is 4.13. The zero-order valence-electron chi connectivity index (χ0n) is 16.3. The molecule has 3 aromatic heterocycles. The Morgan fingerprint density at radius 3 is 2.90 bits per heavy atom. The predicted octanol–water partition coefficient (Wildman–Crippen LogP) is 2.52. The van der Waals surface area contributed by atoms with E-state index >= 15 is 0 Å². The number of ether oxygens (including phenoxy) is 2. The minimum absolute atomic E-state index is 0.0366. The Hall–Kier alpha value is -3.60. The van der Waals surface area contributed by atoms with Crippen LogP contribution in [-0.2, 0) is 19.5 Å². The Morgan fingerprint density at radius 2 is 2.03 bits per heavy atom. The van der Waals surface area contributed by atoms with E-state index in [4.69, 9.17) is 5.73 Å². The number of hydrogen-bond acceptors (Lipinski definition) is 8. The first-order valence-electron chi connectivity index (χ1n) is 9.86. The van der Waals surface area contributed by atoms with Gasteiger partial charge in [0.15, 0.2) is 23.0 Å². The SMILES string of the molecule is Nc1nc2c3c(ccc2c2nc(CCCN4Cc5cccnc5C4)nn12)OC(F)(F)O3. The van der Waals surface area contributed by atoms with Gasteiger partial charge in [-0.05, 0) is 36.7 Å². The second kappa shape index (κ2) is 6.45. The molecule has 0 radical (unpaired) electrons. The number of alkyl halides is 2. The van der Waals surface area contributed by atoms with Crippen LogP contribution in [0.25, 0.3) is 16.6 Å². The Morgan fingerprint density at radius 1 is 1.13 bits per heavy atom. The number of benzene rings is 1. The zero-order valence-corrected chi connectivity index (χ0v) is 16.3. The van der Waals surface area contributed by atoms with E-state index < -0.39 is 6.29 Å². The Labute approximate surface area is 174 Å². The number of pyridine rings is 1. The number of rotatable bonds is 4. The normalized spacial score (nSPS) is 17.0. The van der Waals surface area contributed by atoms with E-state index in [1.165, 1.54) is 16.1 Å². The molecule has 0 unspecified atom stereocenters. The van der Waals surface area contributed by atoms with Gasteiger partial charge in [-0.1, -0.05) is 6.07 Å². The molecule has 0 saturated carbocycles. The molecule has 0 saturated heterocycles. The maximum atomic E-state index is 13.5. The number of aromatic nitrogens is 5. The lowest BCUT2D eigenvalue weighted by molar-refractivity contribution is -0.286. The summed E-state index contributed by atoms with van der Waals surface area (Å²) in [7, 11) is 0. The highest BCUT2D eigenvalue weighted by molar-refractivity contribution is 5.97. The number of aryl methyl sites for hydroxylation is 1. The van der Waals surface area contributed by atoms with Crippen molar-refractivity contribution < 1.29 is 18.3 Å². The molecule has 2 aliphatic rings. The van der Waals surface area contributed by atoms with Gasteiger partial charge < -0.3 is 15.2 Å². The van der Waals surface area contributed by atoms with Crippen LogP contribution in [0.15, 0.2) is 30.5 Å². The number of hydrogen-bond donors (Lipinski definition) is 1. The van der Waals surface area contributed by atoms with E-state index in [9.17, 15) is 8.78 Å². The topological polar surface area (TPSA) is 104 Å². The summed E-state index contributed by atoms with van der Waals surface area (Å²) in [6.45, 7) is 2.61. The van der Waals surface area contributed by atoms with Crippen molar-refractivity contribution in [3.63, 3.8) is 0 Å². The largest absolute Gasteiger partial charge is 0.586 e. The summed E-state index contributed by atoms with van der Waals surface area (Å²) in [5, 5.41) is 4.96. The van der Waals surface area contributed by atoms with Gasteiger partial charge in [-0.3, -0.25) is 9.88 Å². The molecule has 9 nitrogen and oxygen atoms in total. The van der Waals surface area contributed by atoms with Crippen LogP contribution in [0, 0.1) is 0 Å². The Bertz CT molecular complexity index is 1320. The Kier molecular flexibility index (Phi) is 3.78. The van der Waals surface area contributed by atoms with E-state index in [-0.39, 0.29) is 23.0 Å². The third-order valence-electron chi connectivity index (χ3n) is 5.51. The molecule has 0 amide bonds. The number of nitrogens with two attached hydrogens (primary N) is 1. The summed E-state index contributed by atoms with van der Waals surface area (Å²) in [6, 6.07) is 7.07. The molecule has 31 heavy (non-hydrogen) atoms. The van der Waals surface area contributed by atoms with Gasteiger partial charge in [0.2, 0.25) is 5.95 Å². The molecule has 5 heterocycles. The monoisotopic (exact) mass is 425 g/mol. The van der Waals surface area contributed by atoms with Gasteiger partial charge in [-0.25, -0.2) is 9.97 Å². The molecule has 6 rings (SSSR count). The van der Waals surface area contributed by atoms with Crippen LogP contribution < -0.4 is 15.2 Å². The third-order valence-corrected chi connectivity index (χ3v) is 5.51. The highest BCUT2D eigenvalue weighted by Gasteiger charge is 2.44. The van der Waals surface area contributed by atoms with Crippen LogP contribution in [-0.4, -0.2) is 42.3 Å². The fourth-order valence-corrected chi connectivity index (χ4v) is 4.13. The number of nitrogens with zero attached hydrogens (tertiary/aromatic N) is 6. The first kappa shape index (κ1) is 18.2. The van der Waals surface area contributed by atoms with E-state index in [0.717, 1.165) is 31.7 Å². The lowest BCUT2D eigenvalue weighted by atomic mass is 10.2. The second-order valence-electron chi connectivity index (χ2n) is 7.61. The van der Waals surface area contributed by atoms with Crippen molar-refractivity contribution in [2.45, 2.75) is 32.2 Å². The van der Waals surface area contributed by atoms with Crippen molar-refractivity contribution >= 4 is 22.5 Å². The summed E-state index contributed by atoms with van der Waals surface area (Å²) in [5.41, 5.74) is 9.03. The van der Waals surface area contributed by atoms with Crippen LogP contribution in [0.4, 0.5) is 14.7 Å². The van der Waals surface area contributed by atoms with Gasteiger partial charge in [0.05, 0.1) is 5.69 Å². The van der Waals surface area contributed by atoms with E-state index in [2.05, 4.69) is 40.5 Å². The van der Waals surface area contributed by atoms with E-state index in [1.54, 1.807) is 6.07 Å². The lowest BCUT2D eigenvalue weighted by Gasteiger charge is -2.13. The molecular formula is C20H17F2N7O2. The molecule has 158 valence electrons. The van der Waals surface area contributed by atoms with Crippen molar-refractivity contribution in [3.8, 4) is 11.5 Å². The minimum atomic E-state index is -3.73. The van der Waals surface area contributed by atoms with E-state index in [1.807, 2.05) is 12.3 Å².